The lowest BCUT2D eigenvalue weighted by atomic mass is 10.1. The smallest absolute Gasteiger partial charge is 0.421 e. The maximum Gasteiger partial charge on any atom is 0.421 e. The molecule has 0 aliphatic rings. The van der Waals surface area contributed by atoms with E-state index in [0.717, 1.165) is 70.6 Å². The molecule has 0 aromatic heterocycles. The van der Waals surface area contributed by atoms with Crippen molar-refractivity contribution in [1.82, 2.24) is 0 Å². The highest BCUT2D eigenvalue weighted by atomic mass is 35.7. The van der Waals surface area contributed by atoms with Gasteiger partial charge in [-0.2, -0.15) is 0 Å². The van der Waals surface area contributed by atoms with Crippen LogP contribution in [0.4, 0.5) is 0 Å². The average molecular weight is 719 g/mol. The van der Waals surface area contributed by atoms with E-state index in [4.69, 9.17) is 25.2 Å². The standard InChI is InChI=1S/C39H72ClO7P/c1-3-5-7-9-11-13-15-17-19-21-23-25-27-29-31-33-38(41)45-35-37(36-46-48(40,43)44)47-39(42)34-32-30-28-26-24-22-20-18-16-14-12-10-8-6-4-2/h17-20,37H,3-16,21-36H2,1-2H3,(H,43,44)/b19-17-,20-18-/t37-/m1/s1. The van der Waals surface area contributed by atoms with Crippen LogP contribution in [0.3, 0.4) is 0 Å². The summed E-state index contributed by atoms with van der Waals surface area (Å²) in [5, 5.41) is 0. The number of hydrogen-bond acceptors (Lipinski definition) is 6. The molecule has 0 aromatic rings. The molecule has 0 aliphatic carbocycles. The second-order valence-corrected chi connectivity index (χ2v) is 15.7. The minimum Gasteiger partial charge on any atom is -0.462 e. The first kappa shape index (κ1) is 46.9. The first-order valence-corrected chi connectivity index (χ1v) is 22.1. The van der Waals surface area contributed by atoms with Crippen LogP contribution in [0.25, 0.3) is 0 Å². The zero-order valence-corrected chi connectivity index (χ0v) is 32.5. The fourth-order valence-electron chi connectivity index (χ4n) is 5.47. The predicted octanol–water partition coefficient (Wildman–Crippen LogP) is 12.9. The third-order valence-electron chi connectivity index (χ3n) is 8.43. The van der Waals surface area contributed by atoms with Crippen LogP contribution in [-0.2, 0) is 28.2 Å². The highest BCUT2D eigenvalue weighted by molar-refractivity contribution is 7.80. The Morgan fingerprint density at radius 3 is 1.31 bits per heavy atom. The van der Waals surface area contributed by atoms with Crippen molar-refractivity contribution >= 4 is 30.1 Å². The molecule has 9 heteroatoms. The van der Waals surface area contributed by atoms with Gasteiger partial charge >= 0.3 is 18.9 Å². The minimum absolute atomic E-state index is 0.231. The van der Waals surface area contributed by atoms with Crippen LogP contribution in [0.1, 0.15) is 194 Å². The van der Waals surface area contributed by atoms with Crippen molar-refractivity contribution in [3.63, 3.8) is 0 Å². The van der Waals surface area contributed by atoms with Gasteiger partial charge in [-0.15, -0.1) is 0 Å². The van der Waals surface area contributed by atoms with Crippen LogP contribution in [0.15, 0.2) is 24.3 Å². The molecule has 282 valence electrons. The Bertz CT molecular complexity index is 842. The Labute approximate surface area is 299 Å². The van der Waals surface area contributed by atoms with Gasteiger partial charge in [-0.3, -0.25) is 14.1 Å². The number of hydrogen-bond donors (Lipinski definition) is 1. The summed E-state index contributed by atoms with van der Waals surface area (Å²) in [7, 11) is 0. The number of rotatable bonds is 36. The molecule has 0 aliphatic heterocycles. The molecule has 1 N–H and O–H groups in total. The van der Waals surface area contributed by atoms with Crippen LogP contribution >= 0.6 is 18.2 Å². The van der Waals surface area contributed by atoms with E-state index in [1.54, 1.807) is 0 Å². The highest BCUT2D eigenvalue weighted by Crippen LogP contribution is 2.47. The lowest BCUT2D eigenvalue weighted by Gasteiger charge is -2.18. The maximum absolute atomic E-state index is 12.4. The number of unbranched alkanes of at least 4 members (excludes halogenated alkanes) is 22. The Kier molecular flexibility index (Phi) is 34.8. The van der Waals surface area contributed by atoms with Gasteiger partial charge in [-0.05, 0) is 64.2 Å². The topological polar surface area (TPSA) is 99.1 Å². The van der Waals surface area contributed by atoms with Gasteiger partial charge in [0.05, 0.1) is 6.61 Å². The number of esters is 2. The fourth-order valence-corrected chi connectivity index (χ4v) is 5.99. The van der Waals surface area contributed by atoms with E-state index < -0.39 is 25.6 Å². The van der Waals surface area contributed by atoms with Gasteiger partial charge in [-0.1, -0.05) is 141 Å². The average Bonchev–Trinajstić information content (AvgIpc) is 3.05. The van der Waals surface area contributed by atoms with Crippen LogP contribution in [0.5, 0.6) is 0 Å². The summed E-state index contributed by atoms with van der Waals surface area (Å²) >= 11 is 5.29. The number of allylic oxidation sites excluding steroid dienone is 4. The number of carbonyl (C=O) groups is 2. The largest absolute Gasteiger partial charge is 0.462 e. The summed E-state index contributed by atoms with van der Waals surface area (Å²) in [5.74, 6) is -0.833. The Morgan fingerprint density at radius 1 is 0.562 bits per heavy atom. The van der Waals surface area contributed by atoms with E-state index in [0.29, 0.717) is 6.42 Å². The van der Waals surface area contributed by atoms with Crippen molar-refractivity contribution in [2.24, 2.45) is 0 Å². The third-order valence-corrected chi connectivity index (χ3v) is 9.19. The lowest BCUT2D eigenvalue weighted by molar-refractivity contribution is -0.161. The number of halogens is 1. The molecule has 0 saturated carbocycles. The minimum atomic E-state index is -4.28. The zero-order valence-electron chi connectivity index (χ0n) is 30.8. The summed E-state index contributed by atoms with van der Waals surface area (Å²) in [4.78, 5) is 33.9. The monoisotopic (exact) mass is 718 g/mol. The van der Waals surface area contributed by atoms with Crippen molar-refractivity contribution in [2.75, 3.05) is 13.2 Å². The van der Waals surface area contributed by atoms with Crippen LogP contribution in [0.2, 0.25) is 0 Å². The van der Waals surface area contributed by atoms with Crippen LogP contribution < -0.4 is 0 Å². The van der Waals surface area contributed by atoms with Crippen molar-refractivity contribution in [1.29, 1.82) is 0 Å². The molecule has 0 radical (unpaired) electrons. The van der Waals surface area contributed by atoms with Crippen molar-refractivity contribution in [2.45, 2.75) is 200 Å². The van der Waals surface area contributed by atoms with Gasteiger partial charge in [0.25, 0.3) is 0 Å². The molecule has 48 heavy (non-hydrogen) atoms. The van der Waals surface area contributed by atoms with Gasteiger partial charge < -0.3 is 14.4 Å². The molecular formula is C39H72ClO7P. The lowest BCUT2D eigenvalue weighted by Crippen LogP contribution is -2.29. The molecule has 0 saturated heterocycles. The first-order chi connectivity index (χ1) is 23.3. The van der Waals surface area contributed by atoms with E-state index in [9.17, 15) is 19.0 Å². The molecule has 1 unspecified atom stereocenters. The highest BCUT2D eigenvalue weighted by Gasteiger charge is 2.22. The van der Waals surface area contributed by atoms with Crippen molar-refractivity contribution in [3.8, 4) is 0 Å². The van der Waals surface area contributed by atoms with E-state index in [2.05, 4.69) is 38.2 Å². The summed E-state index contributed by atoms with van der Waals surface area (Å²) in [6, 6.07) is 0. The van der Waals surface area contributed by atoms with E-state index in [1.165, 1.54) is 89.9 Å². The molecule has 0 bridgehead atoms. The zero-order chi connectivity index (χ0) is 35.4. The van der Waals surface area contributed by atoms with E-state index in [1.807, 2.05) is 0 Å². The maximum atomic E-state index is 12.4. The van der Waals surface area contributed by atoms with Gasteiger partial charge in [0.15, 0.2) is 6.10 Å². The quantitative estimate of drug-likeness (QED) is 0.0298. The van der Waals surface area contributed by atoms with Crippen LogP contribution in [0, 0.1) is 0 Å². The molecule has 0 spiro atoms. The van der Waals surface area contributed by atoms with E-state index in [-0.39, 0.29) is 25.4 Å². The molecular weight excluding hydrogens is 647 g/mol. The van der Waals surface area contributed by atoms with Crippen LogP contribution in [-0.4, -0.2) is 36.1 Å². The van der Waals surface area contributed by atoms with Crippen molar-refractivity contribution < 1.29 is 33.0 Å². The molecule has 0 aromatic carbocycles. The van der Waals surface area contributed by atoms with E-state index >= 15 is 0 Å². The summed E-state index contributed by atoms with van der Waals surface area (Å²) < 4.78 is 26.8. The fraction of sp³-hybridized carbons (Fsp3) is 0.846. The van der Waals surface area contributed by atoms with Gasteiger partial charge in [0, 0.05) is 24.1 Å². The Hall–Kier alpha value is -1.14. The number of ether oxygens (including phenoxy) is 2. The second-order valence-electron chi connectivity index (χ2n) is 13.2. The molecule has 0 rings (SSSR count). The summed E-state index contributed by atoms with van der Waals surface area (Å²) in [6.07, 6.45) is 39.3. The first-order valence-electron chi connectivity index (χ1n) is 19.6. The third kappa shape index (κ3) is 37.7. The van der Waals surface area contributed by atoms with Gasteiger partial charge in [-0.25, -0.2) is 4.57 Å². The molecule has 0 fully saturated rings. The SMILES string of the molecule is CCCCCCCC/C=C\CCCCCCCC(=O)OC[C@H](COP(=O)(O)Cl)OC(=O)CCCCCCC/C=C\CCCCCCCC. The summed E-state index contributed by atoms with van der Waals surface area (Å²) in [5.41, 5.74) is 0. The summed E-state index contributed by atoms with van der Waals surface area (Å²) in [6.45, 7) is -0.443. The van der Waals surface area contributed by atoms with Crippen molar-refractivity contribution in [3.05, 3.63) is 24.3 Å². The number of carbonyl (C=O) groups excluding carboxylic acids is 2. The molecule has 7 nitrogen and oxygen atoms in total. The Morgan fingerprint density at radius 2 is 0.917 bits per heavy atom. The molecule has 0 heterocycles. The molecule has 0 amide bonds. The van der Waals surface area contributed by atoms with Gasteiger partial charge in [0.2, 0.25) is 0 Å². The van der Waals surface area contributed by atoms with Gasteiger partial charge in [0.1, 0.15) is 6.61 Å². The predicted molar refractivity (Wildman–Crippen MR) is 201 cm³/mol. The molecule has 2 atom stereocenters. The Balaban J connectivity index is 3.97. The normalized spacial score (nSPS) is 13.7. The second kappa shape index (κ2) is 35.7.